The van der Waals surface area contributed by atoms with Gasteiger partial charge >= 0.3 is 0 Å². The fourth-order valence-electron chi connectivity index (χ4n) is 1.88. The van der Waals surface area contributed by atoms with Crippen LogP contribution in [0.3, 0.4) is 0 Å². The van der Waals surface area contributed by atoms with Gasteiger partial charge in [-0.2, -0.15) is 0 Å². The monoisotopic (exact) mass is 218 g/mol. The third-order valence-corrected chi connectivity index (χ3v) is 2.70. The summed E-state index contributed by atoms with van der Waals surface area (Å²) >= 11 is 0. The minimum atomic E-state index is 0.355. The highest BCUT2D eigenvalue weighted by Crippen LogP contribution is 2.34. The first-order valence-electron chi connectivity index (χ1n) is 5.18. The van der Waals surface area contributed by atoms with Crippen molar-refractivity contribution in [3.05, 3.63) is 65.8 Å². The first kappa shape index (κ1) is 10.8. The molecule has 0 aliphatic heterocycles. The minimum absolute atomic E-state index is 0.355. The maximum Gasteiger partial charge on any atom is 0.0908 e. The van der Waals surface area contributed by atoms with E-state index in [0.29, 0.717) is 36.6 Å². The van der Waals surface area contributed by atoms with E-state index in [0.717, 1.165) is 11.1 Å². The average molecular weight is 218 g/mol. The van der Waals surface area contributed by atoms with E-state index < -0.39 is 0 Å². The Morgan fingerprint density at radius 2 is 1.75 bits per heavy atom. The Hall–Kier alpha value is -1.70. The van der Waals surface area contributed by atoms with Crippen molar-refractivity contribution in [3.8, 4) is 0 Å². The van der Waals surface area contributed by atoms with Gasteiger partial charge in [-0.3, -0.25) is 0 Å². The molecule has 0 atom stereocenters. The van der Waals surface area contributed by atoms with Crippen molar-refractivity contribution in [2.75, 3.05) is 0 Å². The van der Waals surface area contributed by atoms with Crippen LogP contribution in [0.2, 0.25) is 0 Å². The summed E-state index contributed by atoms with van der Waals surface area (Å²) in [5, 5.41) is 0. The highest BCUT2D eigenvalue weighted by Gasteiger charge is 2.15. The van der Waals surface area contributed by atoms with Crippen LogP contribution < -0.4 is 0 Å². The van der Waals surface area contributed by atoms with Crippen molar-refractivity contribution >= 4 is 5.57 Å². The van der Waals surface area contributed by atoms with E-state index in [9.17, 15) is 8.78 Å². The minimum Gasteiger partial charge on any atom is -0.216 e. The summed E-state index contributed by atoms with van der Waals surface area (Å²) in [5.74, 6) is 0. The maximum absolute atomic E-state index is 12.8. The predicted molar refractivity (Wildman–Crippen MR) is 62.0 cm³/mol. The van der Waals surface area contributed by atoms with Crippen LogP contribution in [0.1, 0.15) is 18.4 Å². The first-order chi connectivity index (χ1) is 7.85. The lowest BCUT2D eigenvalue weighted by Crippen LogP contribution is -1.98. The van der Waals surface area contributed by atoms with Crippen molar-refractivity contribution in [1.82, 2.24) is 0 Å². The number of rotatable bonds is 1. The normalized spacial score (nSPS) is 21.2. The second kappa shape index (κ2) is 4.88. The van der Waals surface area contributed by atoms with Gasteiger partial charge in [0.15, 0.2) is 0 Å². The molecule has 0 unspecified atom stereocenters. The molecule has 0 nitrogen and oxygen atoms in total. The molecule has 82 valence electrons. The van der Waals surface area contributed by atoms with Gasteiger partial charge in [0.25, 0.3) is 0 Å². The molecule has 0 bridgehead atoms. The predicted octanol–water partition coefficient (Wildman–Crippen LogP) is 4.57. The average Bonchev–Trinajstić information content (AvgIpc) is 2.39. The SMILES string of the molecule is FC=C1CC=C(c2ccccc2)C(=CF)C1. The van der Waals surface area contributed by atoms with E-state index in [1.165, 1.54) is 0 Å². The molecule has 0 radical (unpaired) electrons. The van der Waals surface area contributed by atoms with Crippen LogP contribution in [-0.2, 0) is 0 Å². The molecular weight excluding hydrogens is 206 g/mol. The molecule has 1 aliphatic rings. The zero-order valence-corrected chi connectivity index (χ0v) is 8.79. The molecule has 1 aliphatic carbocycles. The van der Waals surface area contributed by atoms with Gasteiger partial charge in [0.05, 0.1) is 12.7 Å². The van der Waals surface area contributed by atoms with Gasteiger partial charge in [0, 0.05) is 0 Å². The van der Waals surface area contributed by atoms with Gasteiger partial charge in [-0.25, -0.2) is 8.78 Å². The number of halogens is 2. The van der Waals surface area contributed by atoms with E-state index in [4.69, 9.17) is 0 Å². The number of benzene rings is 1. The van der Waals surface area contributed by atoms with Crippen molar-refractivity contribution < 1.29 is 8.78 Å². The summed E-state index contributed by atoms with van der Waals surface area (Å²) in [6, 6.07) is 9.59. The fraction of sp³-hybridized carbons (Fsp3) is 0.143. The Balaban J connectivity index is 2.38. The summed E-state index contributed by atoms with van der Waals surface area (Å²) in [6.45, 7) is 0. The number of hydrogen-bond donors (Lipinski definition) is 0. The van der Waals surface area contributed by atoms with Crippen LogP contribution in [0.25, 0.3) is 5.57 Å². The van der Waals surface area contributed by atoms with Gasteiger partial charge in [-0.1, -0.05) is 36.4 Å². The molecule has 1 aromatic carbocycles. The molecule has 0 fully saturated rings. The smallest absolute Gasteiger partial charge is 0.0908 e. The van der Waals surface area contributed by atoms with Crippen LogP contribution >= 0.6 is 0 Å². The molecule has 0 heterocycles. The largest absolute Gasteiger partial charge is 0.216 e. The Morgan fingerprint density at radius 1 is 1.00 bits per heavy atom. The van der Waals surface area contributed by atoms with Crippen molar-refractivity contribution in [3.63, 3.8) is 0 Å². The van der Waals surface area contributed by atoms with Gasteiger partial charge in [0.2, 0.25) is 0 Å². The second-order valence-electron chi connectivity index (χ2n) is 3.77. The maximum atomic E-state index is 12.8. The Labute approximate surface area is 93.6 Å². The van der Waals surface area contributed by atoms with Crippen molar-refractivity contribution in [1.29, 1.82) is 0 Å². The summed E-state index contributed by atoms with van der Waals surface area (Å²) in [6.07, 6.45) is 3.92. The zero-order valence-electron chi connectivity index (χ0n) is 8.79. The fourth-order valence-corrected chi connectivity index (χ4v) is 1.88. The van der Waals surface area contributed by atoms with E-state index >= 15 is 0 Å². The molecule has 0 N–H and O–H groups in total. The molecule has 2 rings (SSSR count). The van der Waals surface area contributed by atoms with Crippen LogP contribution in [0.5, 0.6) is 0 Å². The Bertz CT molecular complexity index is 453. The van der Waals surface area contributed by atoms with Crippen molar-refractivity contribution in [2.24, 2.45) is 0 Å². The summed E-state index contributed by atoms with van der Waals surface area (Å²) in [4.78, 5) is 0. The third kappa shape index (κ3) is 2.11. The lowest BCUT2D eigenvalue weighted by molar-refractivity contribution is 0.688. The topological polar surface area (TPSA) is 0 Å². The van der Waals surface area contributed by atoms with Gasteiger partial charge in [0.1, 0.15) is 0 Å². The molecule has 1 aromatic rings. The summed E-state index contributed by atoms with van der Waals surface area (Å²) < 4.78 is 25.1. The quantitative estimate of drug-likeness (QED) is 0.647. The van der Waals surface area contributed by atoms with E-state index in [1.807, 2.05) is 36.4 Å². The molecule has 0 amide bonds. The molecule has 0 saturated heterocycles. The van der Waals surface area contributed by atoms with Crippen molar-refractivity contribution in [2.45, 2.75) is 12.8 Å². The highest BCUT2D eigenvalue weighted by molar-refractivity contribution is 5.80. The lowest BCUT2D eigenvalue weighted by atomic mass is 9.87. The molecule has 16 heavy (non-hydrogen) atoms. The zero-order chi connectivity index (χ0) is 11.4. The van der Waals surface area contributed by atoms with Gasteiger partial charge in [-0.05, 0) is 35.1 Å². The molecule has 0 aromatic heterocycles. The number of hydrogen-bond acceptors (Lipinski definition) is 0. The number of allylic oxidation sites excluding steroid dienone is 4. The van der Waals surface area contributed by atoms with E-state index in [-0.39, 0.29) is 0 Å². The lowest BCUT2D eigenvalue weighted by Gasteiger charge is -2.17. The molecule has 0 saturated carbocycles. The second-order valence-corrected chi connectivity index (χ2v) is 3.77. The van der Waals surface area contributed by atoms with Gasteiger partial charge < -0.3 is 0 Å². The van der Waals surface area contributed by atoms with Crippen LogP contribution in [0.4, 0.5) is 8.78 Å². The Morgan fingerprint density at radius 3 is 2.38 bits per heavy atom. The van der Waals surface area contributed by atoms with Gasteiger partial charge in [-0.15, -0.1) is 0 Å². The third-order valence-electron chi connectivity index (χ3n) is 2.70. The van der Waals surface area contributed by atoms with E-state index in [2.05, 4.69) is 0 Å². The van der Waals surface area contributed by atoms with Crippen LogP contribution in [0, 0.1) is 0 Å². The van der Waals surface area contributed by atoms with Crippen LogP contribution in [-0.4, -0.2) is 0 Å². The standard InChI is InChI=1S/C14H12F2/c15-9-11-6-7-14(13(8-11)10-16)12-4-2-1-3-5-12/h1-5,7,9-10H,6,8H2. The summed E-state index contributed by atoms with van der Waals surface area (Å²) in [7, 11) is 0. The van der Waals surface area contributed by atoms with E-state index in [1.54, 1.807) is 0 Å². The molecule has 2 heteroatoms. The highest BCUT2D eigenvalue weighted by atomic mass is 19.1. The molecule has 0 spiro atoms. The van der Waals surface area contributed by atoms with Crippen LogP contribution in [0.15, 0.2) is 60.2 Å². The Kier molecular flexibility index (Phi) is 3.30. The summed E-state index contributed by atoms with van der Waals surface area (Å²) in [5.41, 5.74) is 3.00. The first-order valence-corrected chi connectivity index (χ1v) is 5.18. The molecular formula is C14H12F2.